The van der Waals surface area contributed by atoms with Crippen molar-refractivity contribution in [3.63, 3.8) is 0 Å². The smallest absolute Gasteiger partial charge is 0.226 e. The number of benzene rings is 1. The fourth-order valence-corrected chi connectivity index (χ4v) is 2.40. The first-order chi connectivity index (χ1) is 10.3. The molecule has 1 aromatic carbocycles. The Balaban J connectivity index is 1.87. The van der Waals surface area contributed by atoms with Crippen molar-refractivity contribution in [1.82, 2.24) is 20.0 Å². The lowest BCUT2D eigenvalue weighted by Gasteiger charge is -2.05. The van der Waals surface area contributed by atoms with E-state index in [1.807, 2.05) is 6.92 Å². The van der Waals surface area contributed by atoms with Crippen LogP contribution in [0.1, 0.15) is 31.1 Å². The first-order valence-electron chi connectivity index (χ1n) is 7.40. The summed E-state index contributed by atoms with van der Waals surface area (Å²) in [4.78, 5) is 4.37. The molecule has 0 amide bonds. The van der Waals surface area contributed by atoms with Crippen molar-refractivity contribution >= 4 is 10.9 Å². The Hall–Kier alpha value is -2.14. The molecular weight excluding hydrogens is 264 g/mol. The largest absolute Gasteiger partial charge is 0.340 e. The van der Waals surface area contributed by atoms with Gasteiger partial charge in [-0.2, -0.15) is 4.98 Å². The molecule has 0 aliphatic heterocycles. The first-order valence-corrected chi connectivity index (χ1v) is 7.40. The third-order valence-corrected chi connectivity index (χ3v) is 3.54. The SMILES string of the molecule is CCNCc1ccc2ccn(Cc3noc(CC)n3)c2c1. The molecule has 0 bridgehead atoms. The van der Waals surface area contributed by atoms with Gasteiger partial charge >= 0.3 is 0 Å². The van der Waals surface area contributed by atoms with Crippen LogP contribution in [-0.4, -0.2) is 21.3 Å². The minimum absolute atomic E-state index is 0.637. The zero-order valence-corrected chi connectivity index (χ0v) is 12.5. The highest BCUT2D eigenvalue weighted by Crippen LogP contribution is 2.18. The summed E-state index contributed by atoms with van der Waals surface area (Å²) in [7, 11) is 0. The van der Waals surface area contributed by atoms with Crippen molar-refractivity contribution in [3.05, 3.63) is 47.7 Å². The Bertz CT molecular complexity index is 729. The lowest BCUT2D eigenvalue weighted by molar-refractivity contribution is 0.375. The predicted molar refractivity (Wildman–Crippen MR) is 82.1 cm³/mol. The molecule has 0 fully saturated rings. The maximum Gasteiger partial charge on any atom is 0.226 e. The van der Waals surface area contributed by atoms with Gasteiger partial charge in [-0.25, -0.2) is 0 Å². The molecule has 1 N–H and O–H groups in total. The summed E-state index contributed by atoms with van der Waals surface area (Å²) < 4.78 is 7.33. The number of nitrogens with zero attached hydrogens (tertiary/aromatic N) is 3. The van der Waals surface area contributed by atoms with Crippen molar-refractivity contribution in [2.45, 2.75) is 33.4 Å². The number of rotatable bonds is 6. The van der Waals surface area contributed by atoms with E-state index in [2.05, 4.69) is 57.4 Å². The van der Waals surface area contributed by atoms with Gasteiger partial charge in [0.2, 0.25) is 5.89 Å². The second kappa shape index (κ2) is 6.10. The molecule has 0 saturated heterocycles. The highest BCUT2D eigenvalue weighted by molar-refractivity contribution is 5.80. The topological polar surface area (TPSA) is 55.9 Å². The van der Waals surface area contributed by atoms with E-state index in [9.17, 15) is 0 Å². The zero-order chi connectivity index (χ0) is 14.7. The summed E-state index contributed by atoms with van der Waals surface area (Å²) in [5.41, 5.74) is 2.49. The number of hydrogen-bond donors (Lipinski definition) is 1. The highest BCUT2D eigenvalue weighted by atomic mass is 16.5. The van der Waals surface area contributed by atoms with Gasteiger partial charge in [0.05, 0.1) is 6.54 Å². The number of fused-ring (bicyclic) bond motifs is 1. The Labute approximate surface area is 124 Å². The van der Waals surface area contributed by atoms with Crippen LogP contribution in [0.25, 0.3) is 10.9 Å². The van der Waals surface area contributed by atoms with Crippen molar-refractivity contribution in [1.29, 1.82) is 0 Å². The zero-order valence-electron chi connectivity index (χ0n) is 12.5. The molecule has 0 spiro atoms. The number of aromatic nitrogens is 3. The molecule has 5 heteroatoms. The average molecular weight is 284 g/mol. The summed E-state index contributed by atoms with van der Waals surface area (Å²) in [6.45, 7) is 6.62. The van der Waals surface area contributed by atoms with Gasteiger partial charge in [-0.15, -0.1) is 0 Å². The van der Waals surface area contributed by atoms with Gasteiger partial charge in [0.15, 0.2) is 5.82 Å². The van der Waals surface area contributed by atoms with Crippen molar-refractivity contribution in [3.8, 4) is 0 Å². The second-order valence-electron chi connectivity index (χ2n) is 5.08. The van der Waals surface area contributed by atoms with E-state index in [0.29, 0.717) is 12.4 Å². The van der Waals surface area contributed by atoms with E-state index in [0.717, 1.165) is 25.3 Å². The van der Waals surface area contributed by atoms with Crippen molar-refractivity contribution in [2.24, 2.45) is 0 Å². The van der Waals surface area contributed by atoms with Crippen LogP contribution in [0.15, 0.2) is 35.0 Å². The third kappa shape index (κ3) is 2.97. The molecule has 0 atom stereocenters. The van der Waals surface area contributed by atoms with Gasteiger partial charge in [-0.1, -0.05) is 31.1 Å². The summed E-state index contributed by atoms with van der Waals surface area (Å²) in [6, 6.07) is 8.66. The fraction of sp³-hybridized carbons (Fsp3) is 0.375. The van der Waals surface area contributed by atoms with Crippen LogP contribution >= 0.6 is 0 Å². The van der Waals surface area contributed by atoms with Gasteiger partial charge in [-0.3, -0.25) is 0 Å². The van der Waals surface area contributed by atoms with E-state index in [1.54, 1.807) is 0 Å². The molecule has 5 nitrogen and oxygen atoms in total. The van der Waals surface area contributed by atoms with Gasteiger partial charge in [0, 0.05) is 24.7 Å². The van der Waals surface area contributed by atoms with Gasteiger partial charge in [-0.05, 0) is 29.6 Å². The molecule has 2 aromatic heterocycles. The Morgan fingerprint density at radius 2 is 2.14 bits per heavy atom. The van der Waals surface area contributed by atoms with Crippen LogP contribution in [0.2, 0.25) is 0 Å². The summed E-state index contributed by atoms with van der Waals surface area (Å²) >= 11 is 0. The molecule has 0 aliphatic carbocycles. The number of nitrogens with one attached hydrogen (secondary N) is 1. The van der Waals surface area contributed by atoms with Crippen LogP contribution in [0.5, 0.6) is 0 Å². The molecule has 3 rings (SSSR count). The molecular formula is C16H20N4O. The Morgan fingerprint density at radius 3 is 2.90 bits per heavy atom. The quantitative estimate of drug-likeness (QED) is 0.756. The van der Waals surface area contributed by atoms with E-state index < -0.39 is 0 Å². The highest BCUT2D eigenvalue weighted by Gasteiger charge is 2.08. The lowest BCUT2D eigenvalue weighted by Crippen LogP contribution is -2.11. The van der Waals surface area contributed by atoms with E-state index in [1.165, 1.54) is 16.5 Å². The van der Waals surface area contributed by atoms with Crippen molar-refractivity contribution in [2.75, 3.05) is 6.54 Å². The fourth-order valence-electron chi connectivity index (χ4n) is 2.40. The predicted octanol–water partition coefficient (Wildman–Crippen LogP) is 2.74. The number of hydrogen-bond acceptors (Lipinski definition) is 4. The molecule has 0 unspecified atom stereocenters. The Morgan fingerprint density at radius 1 is 1.24 bits per heavy atom. The summed E-state index contributed by atoms with van der Waals surface area (Å²) in [5, 5.41) is 8.61. The van der Waals surface area contributed by atoms with Crippen LogP contribution in [0.3, 0.4) is 0 Å². The van der Waals surface area contributed by atoms with Crippen LogP contribution in [-0.2, 0) is 19.5 Å². The van der Waals surface area contributed by atoms with Crippen LogP contribution in [0.4, 0.5) is 0 Å². The molecule has 3 aromatic rings. The lowest BCUT2D eigenvalue weighted by atomic mass is 10.1. The molecule has 0 aliphatic rings. The summed E-state index contributed by atoms with van der Waals surface area (Å²) in [6.07, 6.45) is 2.84. The normalized spacial score (nSPS) is 11.3. The molecule has 2 heterocycles. The maximum absolute atomic E-state index is 5.17. The van der Waals surface area contributed by atoms with Gasteiger partial charge in [0.1, 0.15) is 0 Å². The second-order valence-corrected chi connectivity index (χ2v) is 5.08. The minimum atomic E-state index is 0.637. The standard InChI is InChI=1S/C16H20N4O/c1-3-16-18-15(19-21-16)11-20-8-7-13-6-5-12(9-14(13)20)10-17-4-2/h5-9,17H,3-4,10-11H2,1-2H3. The van der Waals surface area contributed by atoms with Gasteiger partial charge < -0.3 is 14.4 Å². The monoisotopic (exact) mass is 284 g/mol. The molecule has 0 saturated carbocycles. The minimum Gasteiger partial charge on any atom is -0.340 e. The van der Waals surface area contributed by atoms with Crippen molar-refractivity contribution < 1.29 is 4.52 Å². The molecule has 21 heavy (non-hydrogen) atoms. The third-order valence-electron chi connectivity index (χ3n) is 3.54. The Kier molecular flexibility index (Phi) is 4.01. The average Bonchev–Trinajstić information content (AvgIpc) is 3.12. The summed E-state index contributed by atoms with van der Waals surface area (Å²) in [5.74, 6) is 1.41. The van der Waals surface area contributed by atoms with Crippen LogP contribution in [0, 0.1) is 0 Å². The first kappa shape index (κ1) is 13.8. The maximum atomic E-state index is 5.17. The van der Waals surface area contributed by atoms with Crippen LogP contribution < -0.4 is 5.32 Å². The van der Waals surface area contributed by atoms with E-state index >= 15 is 0 Å². The molecule has 0 radical (unpaired) electrons. The number of aryl methyl sites for hydroxylation is 1. The molecule has 110 valence electrons. The van der Waals surface area contributed by atoms with E-state index in [-0.39, 0.29) is 0 Å². The van der Waals surface area contributed by atoms with E-state index in [4.69, 9.17) is 4.52 Å². The van der Waals surface area contributed by atoms with Gasteiger partial charge in [0.25, 0.3) is 0 Å².